The predicted octanol–water partition coefficient (Wildman–Crippen LogP) is 4.27. The molecule has 0 saturated carbocycles. The highest BCUT2D eigenvalue weighted by Gasteiger charge is 2.10. The number of aryl methyl sites for hydroxylation is 3. The van der Waals surface area contributed by atoms with Gasteiger partial charge in [0.25, 0.3) is 5.91 Å². The third-order valence-electron chi connectivity index (χ3n) is 4.08. The van der Waals surface area contributed by atoms with Crippen molar-refractivity contribution in [1.29, 1.82) is 0 Å². The molecule has 1 heterocycles. The lowest BCUT2D eigenvalue weighted by atomic mass is 10.1. The summed E-state index contributed by atoms with van der Waals surface area (Å²) in [6.07, 6.45) is 3.06. The number of nitrogens with one attached hydrogen (secondary N) is 2. The van der Waals surface area contributed by atoms with Crippen molar-refractivity contribution in [1.82, 2.24) is 9.97 Å². The topological polar surface area (TPSA) is 66.9 Å². The Hall–Kier alpha value is -3.21. The quantitative estimate of drug-likeness (QED) is 0.724. The molecule has 0 atom stereocenters. The maximum Gasteiger partial charge on any atom is 0.275 e. The minimum Gasteiger partial charge on any atom is -0.365 e. The first kappa shape index (κ1) is 17.6. The van der Waals surface area contributed by atoms with Crippen molar-refractivity contribution < 1.29 is 4.79 Å². The van der Waals surface area contributed by atoms with Gasteiger partial charge in [-0.15, -0.1) is 0 Å². The number of nitrogens with zero attached hydrogens (tertiary/aromatic N) is 2. The fourth-order valence-electron chi connectivity index (χ4n) is 2.61. The first-order chi connectivity index (χ1) is 12.5. The smallest absolute Gasteiger partial charge is 0.275 e. The minimum absolute atomic E-state index is 0.267. The van der Waals surface area contributed by atoms with Gasteiger partial charge in [0, 0.05) is 12.2 Å². The molecule has 0 aliphatic carbocycles. The van der Waals surface area contributed by atoms with Crippen molar-refractivity contribution in [3.8, 4) is 0 Å². The second kappa shape index (κ2) is 7.78. The molecule has 0 aliphatic rings. The molecule has 0 fully saturated rings. The number of hydrogen-bond donors (Lipinski definition) is 2. The molecule has 132 valence electrons. The van der Waals surface area contributed by atoms with Gasteiger partial charge in [0.15, 0.2) is 0 Å². The van der Waals surface area contributed by atoms with Gasteiger partial charge in [-0.1, -0.05) is 42.0 Å². The zero-order valence-corrected chi connectivity index (χ0v) is 15.2. The van der Waals surface area contributed by atoms with Gasteiger partial charge < -0.3 is 10.6 Å². The lowest BCUT2D eigenvalue weighted by Gasteiger charge is -2.09. The van der Waals surface area contributed by atoms with E-state index in [9.17, 15) is 4.79 Å². The van der Waals surface area contributed by atoms with Gasteiger partial charge >= 0.3 is 0 Å². The molecule has 26 heavy (non-hydrogen) atoms. The summed E-state index contributed by atoms with van der Waals surface area (Å²) < 4.78 is 0. The Bertz CT molecular complexity index is 920. The zero-order chi connectivity index (χ0) is 18.5. The molecule has 0 saturated heterocycles. The third-order valence-corrected chi connectivity index (χ3v) is 4.08. The van der Waals surface area contributed by atoms with E-state index in [2.05, 4.69) is 45.7 Å². The molecular weight excluding hydrogens is 324 g/mol. The maximum absolute atomic E-state index is 12.4. The molecular formula is C21H22N4O. The van der Waals surface area contributed by atoms with Crippen molar-refractivity contribution in [3.63, 3.8) is 0 Å². The largest absolute Gasteiger partial charge is 0.365 e. The molecule has 1 amide bonds. The van der Waals surface area contributed by atoms with Crippen molar-refractivity contribution >= 4 is 17.4 Å². The number of carbonyl (C=O) groups is 1. The van der Waals surface area contributed by atoms with Gasteiger partial charge in [0.05, 0.1) is 12.4 Å². The van der Waals surface area contributed by atoms with E-state index >= 15 is 0 Å². The second-order valence-electron chi connectivity index (χ2n) is 6.40. The summed E-state index contributed by atoms with van der Waals surface area (Å²) in [5.74, 6) is 0.367. The molecule has 0 unspecified atom stereocenters. The Morgan fingerprint density at radius 1 is 0.962 bits per heavy atom. The first-order valence-corrected chi connectivity index (χ1v) is 8.51. The number of hydrogen-bond acceptors (Lipinski definition) is 4. The number of carbonyl (C=O) groups excluding carboxylic acids is 1. The van der Waals surface area contributed by atoms with Crippen molar-refractivity contribution in [2.24, 2.45) is 0 Å². The third kappa shape index (κ3) is 4.45. The molecule has 3 rings (SSSR count). The van der Waals surface area contributed by atoms with Gasteiger partial charge in [-0.2, -0.15) is 0 Å². The summed E-state index contributed by atoms with van der Waals surface area (Å²) in [5, 5.41) is 6.10. The summed E-state index contributed by atoms with van der Waals surface area (Å²) in [4.78, 5) is 20.9. The normalized spacial score (nSPS) is 10.4. The van der Waals surface area contributed by atoms with E-state index in [1.165, 1.54) is 17.3 Å². The standard InChI is InChI=1S/C21H22N4O/c1-14-5-4-6-17(9-14)11-23-20-13-22-19(12-24-20)21(26)25-18-10-15(2)7-8-16(18)3/h4-10,12-13H,11H2,1-3H3,(H,23,24)(H,25,26). The number of amides is 1. The monoisotopic (exact) mass is 346 g/mol. The van der Waals surface area contributed by atoms with E-state index in [-0.39, 0.29) is 11.6 Å². The highest BCUT2D eigenvalue weighted by molar-refractivity contribution is 6.03. The van der Waals surface area contributed by atoms with Crippen molar-refractivity contribution in [2.75, 3.05) is 10.6 Å². The van der Waals surface area contributed by atoms with Gasteiger partial charge in [0.2, 0.25) is 0 Å². The SMILES string of the molecule is Cc1cccc(CNc2cnc(C(=O)Nc3cc(C)ccc3C)cn2)c1. The summed E-state index contributed by atoms with van der Waals surface area (Å²) in [6, 6.07) is 14.2. The van der Waals surface area contributed by atoms with Crippen molar-refractivity contribution in [3.05, 3.63) is 82.8 Å². The van der Waals surface area contributed by atoms with E-state index in [0.717, 1.165) is 16.8 Å². The highest BCUT2D eigenvalue weighted by atomic mass is 16.1. The molecule has 0 spiro atoms. The molecule has 0 radical (unpaired) electrons. The van der Waals surface area contributed by atoms with E-state index in [0.29, 0.717) is 12.4 Å². The fraction of sp³-hybridized carbons (Fsp3) is 0.190. The minimum atomic E-state index is -0.267. The molecule has 3 aromatic rings. The summed E-state index contributed by atoms with van der Waals surface area (Å²) >= 11 is 0. The Kier molecular flexibility index (Phi) is 5.27. The van der Waals surface area contributed by atoms with Crippen LogP contribution in [-0.4, -0.2) is 15.9 Å². The van der Waals surface area contributed by atoms with Crippen LogP contribution in [0.5, 0.6) is 0 Å². The molecule has 2 N–H and O–H groups in total. The van der Waals surface area contributed by atoms with Crippen LogP contribution in [0.25, 0.3) is 0 Å². The molecule has 2 aromatic carbocycles. The number of rotatable bonds is 5. The van der Waals surface area contributed by atoms with Crippen LogP contribution in [-0.2, 0) is 6.54 Å². The van der Waals surface area contributed by atoms with E-state index in [4.69, 9.17) is 0 Å². The molecule has 5 nitrogen and oxygen atoms in total. The first-order valence-electron chi connectivity index (χ1n) is 8.51. The summed E-state index contributed by atoms with van der Waals surface area (Å²) in [6.45, 7) is 6.67. The van der Waals surface area contributed by atoms with Gasteiger partial charge in [-0.05, 0) is 43.5 Å². The predicted molar refractivity (Wildman–Crippen MR) is 104 cm³/mol. The molecule has 0 bridgehead atoms. The molecule has 5 heteroatoms. The fourth-order valence-corrected chi connectivity index (χ4v) is 2.61. The lowest BCUT2D eigenvalue weighted by molar-refractivity contribution is 0.102. The Morgan fingerprint density at radius 3 is 2.50 bits per heavy atom. The highest BCUT2D eigenvalue weighted by Crippen LogP contribution is 2.17. The van der Waals surface area contributed by atoms with Crippen molar-refractivity contribution in [2.45, 2.75) is 27.3 Å². The van der Waals surface area contributed by atoms with Gasteiger partial charge in [0.1, 0.15) is 11.5 Å². The summed E-state index contributed by atoms with van der Waals surface area (Å²) in [7, 11) is 0. The van der Waals surface area contributed by atoms with Crippen LogP contribution in [0, 0.1) is 20.8 Å². The van der Waals surface area contributed by atoms with Crippen LogP contribution in [0.1, 0.15) is 32.7 Å². The average molecular weight is 346 g/mol. The second-order valence-corrected chi connectivity index (χ2v) is 6.40. The van der Waals surface area contributed by atoms with Crippen LogP contribution in [0.3, 0.4) is 0 Å². The molecule has 1 aromatic heterocycles. The van der Waals surface area contributed by atoms with Crippen LogP contribution in [0.15, 0.2) is 54.9 Å². The van der Waals surface area contributed by atoms with Gasteiger partial charge in [-0.3, -0.25) is 4.79 Å². The number of benzene rings is 2. The van der Waals surface area contributed by atoms with E-state index < -0.39 is 0 Å². The Morgan fingerprint density at radius 2 is 1.77 bits per heavy atom. The average Bonchev–Trinajstić information content (AvgIpc) is 2.63. The van der Waals surface area contributed by atoms with Gasteiger partial charge in [-0.25, -0.2) is 9.97 Å². The zero-order valence-electron chi connectivity index (χ0n) is 15.2. The molecule has 0 aliphatic heterocycles. The van der Waals surface area contributed by atoms with Crippen LogP contribution in [0.4, 0.5) is 11.5 Å². The van der Waals surface area contributed by atoms with E-state index in [1.54, 1.807) is 6.20 Å². The van der Waals surface area contributed by atoms with Crippen LogP contribution in [0.2, 0.25) is 0 Å². The summed E-state index contributed by atoms with van der Waals surface area (Å²) in [5.41, 5.74) is 5.56. The Balaban J connectivity index is 1.63. The maximum atomic E-state index is 12.4. The Labute approximate surface area is 153 Å². The number of anilines is 2. The van der Waals surface area contributed by atoms with Crippen LogP contribution >= 0.6 is 0 Å². The number of aromatic nitrogens is 2. The van der Waals surface area contributed by atoms with E-state index in [1.807, 2.05) is 38.1 Å². The van der Waals surface area contributed by atoms with Crippen LogP contribution < -0.4 is 10.6 Å². The lowest BCUT2D eigenvalue weighted by Crippen LogP contribution is -2.15.